The molecule has 27 heavy (non-hydrogen) atoms. The second-order valence-corrected chi connectivity index (χ2v) is 9.04. The van der Waals surface area contributed by atoms with Crippen LogP contribution in [0.15, 0.2) is 47.8 Å². The molecular weight excluding hydrogens is 387 g/mol. The summed E-state index contributed by atoms with van der Waals surface area (Å²) in [5.41, 5.74) is 2.97. The Morgan fingerprint density at radius 3 is 2.48 bits per heavy atom. The number of pyridine rings is 1. The van der Waals surface area contributed by atoms with Crippen LogP contribution in [0.5, 0.6) is 0 Å². The van der Waals surface area contributed by atoms with Crippen LogP contribution in [0, 0.1) is 12.7 Å². The van der Waals surface area contributed by atoms with Gasteiger partial charge in [0.15, 0.2) is 0 Å². The highest BCUT2D eigenvalue weighted by Gasteiger charge is 2.18. The van der Waals surface area contributed by atoms with Crippen LogP contribution in [-0.4, -0.2) is 34.6 Å². The van der Waals surface area contributed by atoms with Gasteiger partial charge in [0.2, 0.25) is 15.0 Å². The first-order valence-corrected chi connectivity index (χ1v) is 10.6. The van der Waals surface area contributed by atoms with Crippen LogP contribution in [0.25, 0.3) is 32.9 Å². The standard InChI is InChI=1S/C18H13FN4O2S2/c1-10-21-15-9-13(14-7-8-20-18(22-14)27(2,24)25)16(23-17(15)26-10)11-3-5-12(19)6-4-11/h3-9H,1-2H3. The lowest BCUT2D eigenvalue weighted by Crippen LogP contribution is -2.04. The predicted molar refractivity (Wildman–Crippen MR) is 102 cm³/mol. The maximum atomic E-state index is 13.4. The van der Waals surface area contributed by atoms with Gasteiger partial charge in [0.05, 0.1) is 16.4 Å². The number of benzene rings is 1. The Hall–Kier alpha value is -2.78. The minimum atomic E-state index is -3.56. The molecule has 0 aliphatic rings. The lowest BCUT2D eigenvalue weighted by Gasteiger charge is -2.09. The highest BCUT2D eigenvalue weighted by Crippen LogP contribution is 2.34. The maximum Gasteiger partial charge on any atom is 0.247 e. The summed E-state index contributed by atoms with van der Waals surface area (Å²) in [6, 6.07) is 9.39. The number of fused-ring (bicyclic) bond motifs is 1. The molecule has 4 rings (SSSR count). The van der Waals surface area contributed by atoms with Crippen LogP contribution in [0.2, 0.25) is 0 Å². The van der Waals surface area contributed by atoms with Crippen molar-refractivity contribution in [3.05, 3.63) is 53.4 Å². The van der Waals surface area contributed by atoms with Crippen molar-refractivity contribution in [3.8, 4) is 22.5 Å². The van der Waals surface area contributed by atoms with Gasteiger partial charge in [-0.1, -0.05) is 11.3 Å². The van der Waals surface area contributed by atoms with E-state index in [0.717, 1.165) is 16.1 Å². The molecule has 3 aromatic heterocycles. The molecule has 136 valence electrons. The van der Waals surface area contributed by atoms with Crippen molar-refractivity contribution in [2.75, 3.05) is 6.26 Å². The molecule has 0 atom stereocenters. The second kappa shape index (κ2) is 6.43. The van der Waals surface area contributed by atoms with E-state index in [1.807, 2.05) is 13.0 Å². The number of nitrogens with zero attached hydrogens (tertiary/aromatic N) is 4. The number of halogens is 1. The molecule has 0 aliphatic heterocycles. The highest BCUT2D eigenvalue weighted by atomic mass is 32.2. The van der Waals surface area contributed by atoms with Crippen LogP contribution >= 0.6 is 11.3 Å². The van der Waals surface area contributed by atoms with Crippen molar-refractivity contribution >= 4 is 31.5 Å². The summed E-state index contributed by atoms with van der Waals surface area (Å²) in [5, 5.41) is 0.596. The summed E-state index contributed by atoms with van der Waals surface area (Å²) in [6.45, 7) is 1.88. The zero-order valence-corrected chi connectivity index (χ0v) is 16.0. The van der Waals surface area contributed by atoms with Crippen molar-refractivity contribution in [1.29, 1.82) is 0 Å². The van der Waals surface area contributed by atoms with E-state index >= 15 is 0 Å². The van der Waals surface area contributed by atoms with Crippen molar-refractivity contribution in [3.63, 3.8) is 0 Å². The molecule has 4 aromatic rings. The normalized spacial score (nSPS) is 11.8. The molecule has 0 saturated carbocycles. The number of hydrogen-bond donors (Lipinski definition) is 0. The van der Waals surface area contributed by atoms with Crippen molar-refractivity contribution in [2.24, 2.45) is 0 Å². The van der Waals surface area contributed by atoms with Gasteiger partial charge in [0.25, 0.3) is 0 Å². The van der Waals surface area contributed by atoms with E-state index in [4.69, 9.17) is 0 Å². The molecule has 9 heteroatoms. The van der Waals surface area contributed by atoms with Gasteiger partial charge >= 0.3 is 0 Å². The monoisotopic (exact) mass is 400 g/mol. The van der Waals surface area contributed by atoms with E-state index in [1.165, 1.54) is 29.7 Å². The van der Waals surface area contributed by atoms with Gasteiger partial charge in [0.1, 0.15) is 16.2 Å². The van der Waals surface area contributed by atoms with Crippen molar-refractivity contribution < 1.29 is 12.8 Å². The highest BCUT2D eigenvalue weighted by molar-refractivity contribution is 7.90. The largest absolute Gasteiger partial charge is 0.247 e. The lowest BCUT2D eigenvalue weighted by atomic mass is 10.0. The Kier molecular flexibility index (Phi) is 4.20. The third-order valence-electron chi connectivity index (χ3n) is 3.85. The van der Waals surface area contributed by atoms with Gasteiger partial charge in [0, 0.05) is 23.6 Å². The predicted octanol–water partition coefficient (Wildman–Crippen LogP) is 3.67. The average molecular weight is 400 g/mol. The van der Waals surface area contributed by atoms with Crippen LogP contribution < -0.4 is 0 Å². The zero-order valence-electron chi connectivity index (χ0n) is 14.3. The summed E-state index contributed by atoms with van der Waals surface area (Å²) >= 11 is 1.45. The number of aromatic nitrogens is 4. The number of sulfone groups is 1. The van der Waals surface area contributed by atoms with E-state index in [2.05, 4.69) is 19.9 Å². The SMILES string of the molecule is Cc1nc2cc(-c3ccnc(S(C)(=O)=O)n3)c(-c3ccc(F)cc3)nc2s1. The first kappa shape index (κ1) is 17.6. The van der Waals surface area contributed by atoms with Crippen molar-refractivity contribution in [2.45, 2.75) is 12.1 Å². The Bertz CT molecular complexity index is 1270. The first-order chi connectivity index (χ1) is 12.8. The molecule has 6 nitrogen and oxygen atoms in total. The minimum Gasteiger partial charge on any atom is -0.240 e. The molecule has 1 aromatic carbocycles. The molecular formula is C18H13FN4O2S2. The summed E-state index contributed by atoms with van der Waals surface area (Å²) in [4.78, 5) is 17.9. The van der Waals surface area contributed by atoms with Gasteiger partial charge in [-0.2, -0.15) is 0 Å². The molecule has 0 radical (unpaired) electrons. The molecule has 0 N–H and O–H groups in total. The van der Waals surface area contributed by atoms with E-state index in [9.17, 15) is 12.8 Å². The Morgan fingerprint density at radius 2 is 1.78 bits per heavy atom. The quantitative estimate of drug-likeness (QED) is 0.488. The van der Waals surface area contributed by atoms with E-state index in [-0.39, 0.29) is 11.0 Å². The van der Waals surface area contributed by atoms with Crippen molar-refractivity contribution in [1.82, 2.24) is 19.9 Å². The van der Waals surface area contributed by atoms with Gasteiger partial charge in [-0.15, -0.1) is 0 Å². The van der Waals surface area contributed by atoms with Crippen LogP contribution in [0.4, 0.5) is 4.39 Å². The molecule has 0 amide bonds. The maximum absolute atomic E-state index is 13.4. The number of thiazole rings is 1. The average Bonchev–Trinajstić information content (AvgIpc) is 3.00. The Balaban J connectivity index is 2.01. The topological polar surface area (TPSA) is 85.7 Å². The first-order valence-electron chi connectivity index (χ1n) is 7.89. The summed E-state index contributed by atoms with van der Waals surface area (Å²) in [6.07, 6.45) is 2.45. The molecule has 0 spiro atoms. The Morgan fingerprint density at radius 1 is 1.04 bits per heavy atom. The molecule has 0 unspecified atom stereocenters. The number of hydrogen-bond acceptors (Lipinski definition) is 7. The minimum absolute atomic E-state index is 0.264. The summed E-state index contributed by atoms with van der Waals surface area (Å²) in [5.74, 6) is -0.351. The van der Waals surface area contributed by atoms with Crippen LogP contribution in [-0.2, 0) is 9.84 Å². The van der Waals surface area contributed by atoms with Gasteiger partial charge in [-0.25, -0.2) is 32.7 Å². The number of rotatable bonds is 3. The smallest absolute Gasteiger partial charge is 0.240 e. The van der Waals surface area contributed by atoms with Crippen LogP contribution in [0.1, 0.15) is 5.01 Å². The third kappa shape index (κ3) is 3.43. The fourth-order valence-corrected chi connectivity index (χ4v) is 3.95. The molecule has 0 fully saturated rings. The van der Waals surface area contributed by atoms with E-state index < -0.39 is 9.84 Å². The van der Waals surface area contributed by atoms with Gasteiger partial charge < -0.3 is 0 Å². The second-order valence-electron chi connectivity index (χ2n) is 5.95. The molecule has 3 heterocycles. The summed E-state index contributed by atoms with van der Waals surface area (Å²) < 4.78 is 37.0. The fourth-order valence-electron chi connectivity index (χ4n) is 2.67. The number of aryl methyl sites for hydroxylation is 1. The fraction of sp³-hybridized carbons (Fsp3) is 0.111. The lowest BCUT2D eigenvalue weighted by molar-refractivity contribution is 0.593. The van der Waals surface area contributed by atoms with E-state index in [1.54, 1.807) is 18.2 Å². The molecule has 0 saturated heterocycles. The van der Waals surface area contributed by atoms with Crippen LogP contribution in [0.3, 0.4) is 0 Å². The molecule has 0 bridgehead atoms. The zero-order chi connectivity index (χ0) is 19.2. The molecule has 0 aliphatic carbocycles. The van der Waals surface area contributed by atoms with Gasteiger partial charge in [-0.05, 0) is 43.3 Å². The Labute approximate surface area is 158 Å². The van der Waals surface area contributed by atoms with Gasteiger partial charge in [-0.3, -0.25) is 0 Å². The van der Waals surface area contributed by atoms with E-state index in [0.29, 0.717) is 28.0 Å². The summed E-state index contributed by atoms with van der Waals surface area (Å²) in [7, 11) is -3.56. The third-order valence-corrected chi connectivity index (χ3v) is 5.59.